The van der Waals surface area contributed by atoms with E-state index in [0.717, 1.165) is 31.6 Å². The number of nitrogens with zero attached hydrogens (tertiary/aromatic N) is 3. The topological polar surface area (TPSA) is 36.4 Å². The molecule has 0 radical (unpaired) electrons. The van der Waals surface area contributed by atoms with Crippen LogP contribution in [0.25, 0.3) is 0 Å². The number of aromatic nitrogens is 1. The Hall–Kier alpha value is -1.72. The molecule has 0 aliphatic carbocycles. The van der Waals surface area contributed by atoms with Gasteiger partial charge >= 0.3 is 0 Å². The van der Waals surface area contributed by atoms with Crippen LogP contribution in [-0.4, -0.2) is 40.3 Å². The average molecular weight is 343 g/mol. The Balaban J connectivity index is 1.85. The molecular weight excluding hydrogens is 318 g/mol. The fourth-order valence-electron chi connectivity index (χ4n) is 3.36. The summed E-state index contributed by atoms with van der Waals surface area (Å²) in [6.07, 6.45) is 6.92. The number of amides is 1. The van der Waals surface area contributed by atoms with Gasteiger partial charge in [0.25, 0.3) is 0 Å². The van der Waals surface area contributed by atoms with Crippen LogP contribution >= 0.6 is 11.3 Å². The molecule has 2 aromatic heterocycles. The van der Waals surface area contributed by atoms with Gasteiger partial charge in [0.15, 0.2) is 0 Å². The van der Waals surface area contributed by atoms with Crippen LogP contribution in [0.15, 0.2) is 41.4 Å². The molecule has 0 spiro atoms. The van der Waals surface area contributed by atoms with Gasteiger partial charge in [0.2, 0.25) is 5.91 Å². The Morgan fingerprint density at radius 1 is 1.38 bits per heavy atom. The largest absolute Gasteiger partial charge is 0.337 e. The molecule has 0 saturated carbocycles. The van der Waals surface area contributed by atoms with E-state index in [1.54, 1.807) is 17.5 Å². The van der Waals surface area contributed by atoms with E-state index in [4.69, 9.17) is 0 Å². The van der Waals surface area contributed by atoms with Crippen molar-refractivity contribution in [2.45, 2.75) is 38.8 Å². The van der Waals surface area contributed by atoms with Gasteiger partial charge in [-0.3, -0.25) is 14.7 Å². The SMILES string of the molecule is CCCN(Cc1ccsc1)C(=O)[C@@H](c1cccnc1)N1CCCC1. The van der Waals surface area contributed by atoms with Crippen molar-refractivity contribution in [3.63, 3.8) is 0 Å². The summed E-state index contributed by atoms with van der Waals surface area (Å²) >= 11 is 1.68. The monoisotopic (exact) mass is 343 g/mol. The summed E-state index contributed by atoms with van der Waals surface area (Å²) < 4.78 is 0. The fourth-order valence-corrected chi connectivity index (χ4v) is 4.02. The van der Waals surface area contributed by atoms with Crippen molar-refractivity contribution in [2.24, 2.45) is 0 Å². The number of pyridine rings is 1. The molecule has 0 bridgehead atoms. The summed E-state index contributed by atoms with van der Waals surface area (Å²) in [5.74, 6) is 0.206. The van der Waals surface area contributed by atoms with Crippen LogP contribution in [0.2, 0.25) is 0 Å². The molecule has 1 fully saturated rings. The van der Waals surface area contributed by atoms with Gasteiger partial charge in [-0.15, -0.1) is 0 Å². The molecule has 2 aromatic rings. The van der Waals surface area contributed by atoms with Crippen molar-refractivity contribution in [1.82, 2.24) is 14.8 Å². The zero-order chi connectivity index (χ0) is 16.8. The van der Waals surface area contributed by atoms with E-state index in [9.17, 15) is 4.79 Å². The highest BCUT2D eigenvalue weighted by Crippen LogP contribution is 2.27. The maximum absolute atomic E-state index is 13.4. The molecule has 3 rings (SSSR count). The van der Waals surface area contributed by atoms with E-state index in [0.29, 0.717) is 6.54 Å². The molecular formula is C19H25N3OS. The van der Waals surface area contributed by atoms with E-state index in [2.05, 4.69) is 33.6 Å². The van der Waals surface area contributed by atoms with Crippen molar-refractivity contribution in [1.29, 1.82) is 0 Å². The molecule has 1 amide bonds. The number of likely N-dealkylation sites (tertiary alicyclic amines) is 1. The molecule has 4 nitrogen and oxygen atoms in total. The first kappa shape index (κ1) is 17.1. The molecule has 5 heteroatoms. The first-order chi connectivity index (χ1) is 11.8. The number of hydrogen-bond acceptors (Lipinski definition) is 4. The van der Waals surface area contributed by atoms with Crippen LogP contribution in [0.4, 0.5) is 0 Å². The van der Waals surface area contributed by atoms with Crippen LogP contribution < -0.4 is 0 Å². The van der Waals surface area contributed by atoms with Crippen LogP contribution in [-0.2, 0) is 11.3 Å². The summed E-state index contributed by atoms with van der Waals surface area (Å²) in [6, 6.07) is 5.86. The van der Waals surface area contributed by atoms with E-state index in [1.807, 2.05) is 23.2 Å². The highest BCUT2D eigenvalue weighted by atomic mass is 32.1. The minimum Gasteiger partial charge on any atom is -0.337 e. The fraction of sp³-hybridized carbons (Fsp3) is 0.474. The lowest BCUT2D eigenvalue weighted by Gasteiger charge is -2.32. The van der Waals surface area contributed by atoms with E-state index in [1.165, 1.54) is 18.4 Å². The first-order valence-corrected chi connectivity index (χ1v) is 9.67. The van der Waals surface area contributed by atoms with Crippen molar-refractivity contribution < 1.29 is 4.79 Å². The van der Waals surface area contributed by atoms with Gasteiger partial charge < -0.3 is 4.90 Å². The van der Waals surface area contributed by atoms with Gasteiger partial charge in [-0.05, 0) is 66.4 Å². The lowest BCUT2D eigenvalue weighted by molar-refractivity contribution is -0.137. The number of carbonyl (C=O) groups excluding carboxylic acids is 1. The Bertz CT molecular complexity index is 623. The summed E-state index contributed by atoms with van der Waals surface area (Å²) in [4.78, 5) is 22.0. The number of carbonyl (C=O) groups is 1. The van der Waals surface area contributed by atoms with Crippen molar-refractivity contribution in [3.8, 4) is 0 Å². The molecule has 1 aliphatic heterocycles. The quantitative estimate of drug-likeness (QED) is 0.769. The van der Waals surface area contributed by atoms with E-state index in [-0.39, 0.29) is 11.9 Å². The zero-order valence-electron chi connectivity index (χ0n) is 14.2. The Kier molecular flexibility index (Phi) is 5.99. The Labute approximate surface area is 148 Å². The molecule has 1 atom stereocenters. The van der Waals surface area contributed by atoms with Crippen LogP contribution in [0, 0.1) is 0 Å². The number of rotatable bonds is 7. The highest BCUT2D eigenvalue weighted by molar-refractivity contribution is 7.07. The maximum atomic E-state index is 13.4. The Morgan fingerprint density at radius 2 is 2.21 bits per heavy atom. The second kappa shape index (κ2) is 8.40. The average Bonchev–Trinajstić information content (AvgIpc) is 3.29. The predicted octanol–water partition coefficient (Wildman–Crippen LogP) is 3.72. The molecule has 0 unspecified atom stereocenters. The standard InChI is InChI=1S/C19H25N3OS/c1-2-9-22(14-16-7-12-24-15-16)19(23)18(21-10-3-4-11-21)17-6-5-8-20-13-17/h5-8,12-13,15,18H,2-4,9-11,14H2,1H3/t18-/m1/s1. The first-order valence-electron chi connectivity index (χ1n) is 8.73. The molecule has 1 aliphatic rings. The zero-order valence-corrected chi connectivity index (χ0v) is 15.0. The second-order valence-corrected chi connectivity index (χ2v) is 7.10. The lowest BCUT2D eigenvalue weighted by Crippen LogP contribution is -2.42. The van der Waals surface area contributed by atoms with E-state index >= 15 is 0 Å². The normalized spacial score (nSPS) is 16.2. The summed E-state index contributed by atoms with van der Waals surface area (Å²) in [7, 11) is 0. The van der Waals surface area contributed by atoms with Crippen LogP contribution in [0.1, 0.15) is 43.4 Å². The Morgan fingerprint density at radius 3 is 2.83 bits per heavy atom. The van der Waals surface area contributed by atoms with Gasteiger partial charge in [-0.25, -0.2) is 0 Å². The maximum Gasteiger partial charge on any atom is 0.244 e. The van der Waals surface area contributed by atoms with Gasteiger partial charge in [0.05, 0.1) is 0 Å². The van der Waals surface area contributed by atoms with E-state index < -0.39 is 0 Å². The van der Waals surface area contributed by atoms with Crippen LogP contribution in [0.5, 0.6) is 0 Å². The minimum absolute atomic E-state index is 0.202. The third-order valence-electron chi connectivity index (χ3n) is 4.50. The van der Waals surface area contributed by atoms with Gasteiger partial charge in [0, 0.05) is 25.5 Å². The van der Waals surface area contributed by atoms with Gasteiger partial charge in [-0.1, -0.05) is 13.0 Å². The molecule has 0 aromatic carbocycles. The third kappa shape index (κ3) is 4.02. The van der Waals surface area contributed by atoms with Crippen molar-refractivity contribution in [2.75, 3.05) is 19.6 Å². The predicted molar refractivity (Wildman–Crippen MR) is 97.8 cm³/mol. The summed E-state index contributed by atoms with van der Waals surface area (Å²) in [5, 5.41) is 4.20. The molecule has 0 N–H and O–H groups in total. The second-order valence-electron chi connectivity index (χ2n) is 6.32. The molecule has 128 valence electrons. The van der Waals surface area contributed by atoms with Gasteiger partial charge in [0.1, 0.15) is 6.04 Å². The molecule has 3 heterocycles. The van der Waals surface area contributed by atoms with Gasteiger partial charge in [-0.2, -0.15) is 11.3 Å². The van der Waals surface area contributed by atoms with Crippen molar-refractivity contribution >= 4 is 17.2 Å². The lowest BCUT2D eigenvalue weighted by atomic mass is 10.1. The number of thiophene rings is 1. The summed E-state index contributed by atoms with van der Waals surface area (Å²) in [6.45, 7) is 5.59. The summed E-state index contributed by atoms with van der Waals surface area (Å²) in [5.41, 5.74) is 2.23. The molecule has 24 heavy (non-hydrogen) atoms. The molecule has 1 saturated heterocycles. The number of hydrogen-bond donors (Lipinski definition) is 0. The smallest absolute Gasteiger partial charge is 0.244 e. The van der Waals surface area contributed by atoms with Crippen LogP contribution in [0.3, 0.4) is 0 Å². The highest BCUT2D eigenvalue weighted by Gasteiger charge is 2.32. The minimum atomic E-state index is -0.202. The third-order valence-corrected chi connectivity index (χ3v) is 5.23. The van der Waals surface area contributed by atoms with Crippen molar-refractivity contribution in [3.05, 3.63) is 52.5 Å².